The lowest BCUT2D eigenvalue weighted by molar-refractivity contribution is 0.149. The lowest BCUT2D eigenvalue weighted by Gasteiger charge is -2.16. The van der Waals surface area contributed by atoms with Crippen molar-refractivity contribution in [3.05, 3.63) is 0 Å². The molecule has 0 aromatic heterocycles. The van der Waals surface area contributed by atoms with Gasteiger partial charge in [-0.3, -0.25) is 4.57 Å². The zero-order valence-electron chi connectivity index (χ0n) is 5.26. The summed E-state index contributed by atoms with van der Waals surface area (Å²) in [4.78, 5) is 0. The molecule has 0 amide bonds. The Bertz CT molecular complexity index is 96.7. The number of hydrogen-bond donors (Lipinski definition) is 1. The van der Waals surface area contributed by atoms with E-state index < -0.39 is 7.23 Å². The molecule has 0 saturated heterocycles. The average Bonchev–Trinajstić information content (AvgIpc) is 1.21. The summed E-state index contributed by atoms with van der Waals surface area (Å²) in [6, 6.07) is 0. The maximum atomic E-state index is 10.3. The first-order chi connectivity index (χ1) is 3.42. The Morgan fingerprint density at radius 3 is 1.88 bits per heavy atom. The van der Waals surface area contributed by atoms with E-state index in [2.05, 4.69) is 12.2 Å². The number of hydrogen-bond acceptors (Lipinski definition) is 2. The normalized spacial score (nSPS) is 16.0. The molecule has 0 aromatic rings. The fourth-order valence-electron chi connectivity index (χ4n) is 0.262. The number of thiol groups is 1. The predicted molar refractivity (Wildman–Crippen MR) is 38.8 cm³/mol. The molecule has 0 rings (SSSR count). The molecule has 4 heteroatoms. The second-order valence-electron chi connectivity index (χ2n) is 2.48. The van der Waals surface area contributed by atoms with Gasteiger partial charge in [0.2, 0.25) is 7.23 Å². The van der Waals surface area contributed by atoms with Crippen molar-refractivity contribution in [2.24, 2.45) is 0 Å². The summed E-state index contributed by atoms with van der Waals surface area (Å²) in [5.41, 5.74) is -0.322. The molecule has 0 aliphatic rings. The zero-order chi connectivity index (χ0) is 6.78. The van der Waals surface area contributed by atoms with Gasteiger partial charge in [0, 0.05) is 0 Å². The minimum absolute atomic E-state index is 0.322. The van der Waals surface area contributed by atoms with E-state index in [1.165, 1.54) is 0 Å². The maximum absolute atomic E-state index is 10.3. The van der Waals surface area contributed by atoms with Crippen LogP contribution in [0.2, 0.25) is 0 Å². The van der Waals surface area contributed by atoms with Crippen LogP contribution >= 0.6 is 19.5 Å². The summed E-state index contributed by atoms with van der Waals surface area (Å²) in [5, 5.41) is 0. The molecule has 1 unspecified atom stereocenters. The Balaban J connectivity index is 3.55. The molecule has 0 heterocycles. The van der Waals surface area contributed by atoms with E-state index in [1.54, 1.807) is 0 Å². The monoisotopic (exact) mass is 154 g/mol. The molecule has 0 aliphatic carbocycles. The first-order valence-electron chi connectivity index (χ1n) is 2.34. The van der Waals surface area contributed by atoms with Gasteiger partial charge in [-0.25, -0.2) is 0 Å². The third-order valence-corrected chi connectivity index (χ3v) is 1.45. The van der Waals surface area contributed by atoms with Crippen molar-refractivity contribution >= 4 is 19.5 Å². The van der Waals surface area contributed by atoms with Gasteiger partial charge in [-0.1, -0.05) is 12.2 Å². The van der Waals surface area contributed by atoms with Gasteiger partial charge in [0.1, 0.15) is 0 Å². The molecule has 0 spiro atoms. The van der Waals surface area contributed by atoms with E-state index >= 15 is 0 Å². The average molecular weight is 154 g/mol. The van der Waals surface area contributed by atoms with Crippen molar-refractivity contribution in [3.8, 4) is 0 Å². The van der Waals surface area contributed by atoms with Crippen LogP contribution in [-0.2, 0) is 9.09 Å². The molecular formula is C4H11O2PS. The Morgan fingerprint density at radius 2 is 1.88 bits per heavy atom. The summed E-state index contributed by atoms with van der Waals surface area (Å²) in [7, 11) is -2.05. The highest BCUT2D eigenvalue weighted by atomic mass is 32.7. The molecule has 0 aromatic carbocycles. The van der Waals surface area contributed by atoms with Crippen LogP contribution in [0.1, 0.15) is 20.8 Å². The Hall–Kier alpha value is 0.540. The van der Waals surface area contributed by atoms with Crippen molar-refractivity contribution in [2.45, 2.75) is 26.4 Å². The minimum atomic E-state index is -2.05. The third-order valence-electron chi connectivity index (χ3n) is 0.393. The summed E-state index contributed by atoms with van der Waals surface area (Å²) in [6.45, 7) is 5.52. The maximum Gasteiger partial charge on any atom is 0.243 e. The van der Waals surface area contributed by atoms with Gasteiger partial charge in [-0.05, 0) is 20.8 Å². The van der Waals surface area contributed by atoms with Crippen LogP contribution in [0.3, 0.4) is 0 Å². The lowest BCUT2D eigenvalue weighted by atomic mass is 10.2. The van der Waals surface area contributed by atoms with Gasteiger partial charge in [-0.15, -0.1) is 0 Å². The van der Waals surface area contributed by atoms with Crippen LogP contribution in [-0.4, -0.2) is 5.60 Å². The van der Waals surface area contributed by atoms with E-state index in [1.807, 2.05) is 20.8 Å². The van der Waals surface area contributed by atoms with E-state index in [0.29, 0.717) is 0 Å². The summed E-state index contributed by atoms with van der Waals surface area (Å²) >= 11 is 3.62. The standard InChI is InChI=1S/C4H11O2PS/c1-4(2,3)6-7(5)8/h7H,1-3H3,(H,5,8). The first kappa shape index (κ1) is 8.54. The lowest BCUT2D eigenvalue weighted by Crippen LogP contribution is -2.13. The van der Waals surface area contributed by atoms with Crippen LogP contribution in [0.15, 0.2) is 0 Å². The fourth-order valence-corrected chi connectivity index (χ4v) is 1.61. The highest BCUT2D eigenvalue weighted by Gasteiger charge is 2.11. The van der Waals surface area contributed by atoms with Crippen molar-refractivity contribution < 1.29 is 9.09 Å². The largest absolute Gasteiger partial charge is 0.317 e. The second-order valence-corrected chi connectivity index (χ2v) is 4.31. The van der Waals surface area contributed by atoms with Crippen LogP contribution in [0.25, 0.3) is 0 Å². The van der Waals surface area contributed by atoms with E-state index in [4.69, 9.17) is 4.52 Å². The van der Waals surface area contributed by atoms with Crippen molar-refractivity contribution in [3.63, 3.8) is 0 Å². The van der Waals surface area contributed by atoms with Crippen molar-refractivity contribution in [2.75, 3.05) is 0 Å². The summed E-state index contributed by atoms with van der Waals surface area (Å²) in [5.74, 6) is 0. The molecular weight excluding hydrogens is 143 g/mol. The van der Waals surface area contributed by atoms with Gasteiger partial charge in [0.25, 0.3) is 0 Å². The Labute approximate surface area is 55.6 Å². The van der Waals surface area contributed by atoms with Crippen molar-refractivity contribution in [1.29, 1.82) is 0 Å². The molecule has 50 valence electrons. The van der Waals surface area contributed by atoms with Crippen LogP contribution in [0, 0.1) is 0 Å². The zero-order valence-corrected chi connectivity index (χ0v) is 7.16. The molecule has 0 saturated carbocycles. The molecule has 0 aliphatic heterocycles. The molecule has 0 radical (unpaired) electrons. The van der Waals surface area contributed by atoms with Crippen LogP contribution < -0.4 is 0 Å². The highest BCUT2D eigenvalue weighted by molar-refractivity contribution is 8.39. The topological polar surface area (TPSA) is 26.3 Å². The van der Waals surface area contributed by atoms with Gasteiger partial charge in [0.15, 0.2) is 0 Å². The van der Waals surface area contributed by atoms with Crippen molar-refractivity contribution in [1.82, 2.24) is 0 Å². The predicted octanol–water partition coefficient (Wildman–Crippen LogP) is 2.12. The van der Waals surface area contributed by atoms with Gasteiger partial charge >= 0.3 is 0 Å². The SMILES string of the molecule is CC(C)(C)O[PH](=O)S. The van der Waals surface area contributed by atoms with E-state index in [9.17, 15) is 4.57 Å². The van der Waals surface area contributed by atoms with Crippen LogP contribution in [0.5, 0.6) is 0 Å². The summed E-state index contributed by atoms with van der Waals surface area (Å²) in [6.07, 6.45) is 0. The molecule has 2 nitrogen and oxygen atoms in total. The highest BCUT2D eigenvalue weighted by Crippen LogP contribution is 2.33. The molecule has 1 atom stereocenters. The van der Waals surface area contributed by atoms with E-state index in [0.717, 1.165) is 0 Å². The van der Waals surface area contributed by atoms with Gasteiger partial charge in [0.05, 0.1) is 5.60 Å². The van der Waals surface area contributed by atoms with Gasteiger partial charge < -0.3 is 4.52 Å². The van der Waals surface area contributed by atoms with E-state index in [-0.39, 0.29) is 5.60 Å². The molecule has 0 fully saturated rings. The summed E-state index contributed by atoms with van der Waals surface area (Å²) < 4.78 is 15.1. The Kier molecular flexibility index (Phi) is 3.10. The fraction of sp³-hybridized carbons (Fsp3) is 1.00. The molecule has 0 N–H and O–H groups in total. The third kappa shape index (κ3) is 6.54. The Morgan fingerprint density at radius 1 is 1.50 bits per heavy atom. The first-order valence-corrected chi connectivity index (χ1v) is 4.94. The molecule has 8 heavy (non-hydrogen) atoms. The van der Waals surface area contributed by atoms with Gasteiger partial charge in [-0.2, -0.15) is 0 Å². The minimum Gasteiger partial charge on any atom is -0.317 e. The second kappa shape index (κ2) is 2.90. The molecule has 0 bridgehead atoms. The van der Waals surface area contributed by atoms with Crippen LogP contribution in [0.4, 0.5) is 0 Å². The smallest absolute Gasteiger partial charge is 0.243 e. The number of rotatable bonds is 1. The quantitative estimate of drug-likeness (QED) is 0.462.